The van der Waals surface area contributed by atoms with Crippen LogP contribution in [0.25, 0.3) is 0 Å². The average Bonchev–Trinajstić information content (AvgIpc) is 2.73. The molecule has 0 bridgehead atoms. The fraction of sp³-hybridized carbons (Fsp3) is 0.375. The number of aliphatic hydroxyl groups is 1. The summed E-state index contributed by atoms with van der Waals surface area (Å²) in [6.07, 6.45) is 0.643. The number of carbonyl (C=O) groups excluding carboxylic acids is 2. The third kappa shape index (κ3) is 2.97. The first-order chi connectivity index (χ1) is 10.1. The van der Waals surface area contributed by atoms with Crippen LogP contribution in [0.2, 0.25) is 0 Å². The molecule has 5 nitrogen and oxygen atoms in total. The third-order valence-corrected chi connectivity index (χ3v) is 3.55. The minimum atomic E-state index is -0.520. The van der Waals surface area contributed by atoms with Crippen molar-refractivity contribution in [2.75, 3.05) is 20.3 Å². The van der Waals surface area contributed by atoms with Crippen molar-refractivity contribution in [1.29, 1.82) is 0 Å². The molecular weight excluding hydrogens is 270 g/mol. The maximum Gasteiger partial charge on any atom is 0.290 e. The lowest BCUT2D eigenvalue weighted by Crippen LogP contribution is -2.32. The van der Waals surface area contributed by atoms with Crippen LogP contribution in [0.3, 0.4) is 0 Å². The van der Waals surface area contributed by atoms with Crippen LogP contribution in [0, 0.1) is 0 Å². The highest BCUT2D eigenvalue weighted by atomic mass is 16.5. The van der Waals surface area contributed by atoms with Crippen molar-refractivity contribution < 1.29 is 19.4 Å². The van der Waals surface area contributed by atoms with Crippen molar-refractivity contribution >= 4 is 11.7 Å². The lowest BCUT2D eigenvalue weighted by Gasteiger charge is -2.26. The molecule has 1 amide bonds. The van der Waals surface area contributed by atoms with E-state index in [1.54, 1.807) is 7.11 Å². The van der Waals surface area contributed by atoms with Crippen molar-refractivity contribution in [3.8, 4) is 0 Å². The molecule has 1 heterocycles. The van der Waals surface area contributed by atoms with Crippen molar-refractivity contribution in [3.05, 3.63) is 47.2 Å². The van der Waals surface area contributed by atoms with Crippen LogP contribution in [0.4, 0.5) is 0 Å². The van der Waals surface area contributed by atoms with Gasteiger partial charge in [0, 0.05) is 20.3 Å². The highest BCUT2D eigenvalue weighted by Gasteiger charge is 2.41. The van der Waals surface area contributed by atoms with Gasteiger partial charge in [-0.05, 0) is 18.9 Å². The number of rotatable bonds is 6. The molecule has 21 heavy (non-hydrogen) atoms. The second-order valence-electron chi connectivity index (χ2n) is 4.98. The molecule has 1 aliphatic heterocycles. The first kappa shape index (κ1) is 15.3. The van der Waals surface area contributed by atoms with Crippen LogP contribution in [0.1, 0.15) is 24.9 Å². The lowest BCUT2D eigenvalue weighted by molar-refractivity contribution is -0.129. The van der Waals surface area contributed by atoms with Crippen LogP contribution in [-0.2, 0) is 14.3 Å². The van der Waals surface area contributed by atoms with Gasteiger partial charge in [-0.15, -0.1) is 0 Å². The topological polar surface area (TPSA) is 66.8 Å². The van der Waals surface area contributed by atoms with Crippen molar-refractivity contribution in [2.45, 2.75) is 19.4 Å². The number of Topliss-reactive ketones (excluding diaryl/α,β-unsaturated/α-hetero) is 1. The standard InChI is InChI=1S/C16H19NO4/c1-11(18)13-14(12-7-4-3-5-8-12)17(9-6-10-21-2)16(20)15(13)19/h3-5,7-8,14,19H,6,9-10H2,1-2H3. The number of aliphatic hydroxyl groups excluding tert-OH is 1. The van der Waals surface area contributed by atoms with Gasteiger partial charge in [0.25, 0.3) is 5.91 Å². The Morgan fingerprint density at radius 2 is 2.00 bits per heavy atom. The quantitative estimate of drug-likeness (QED) is 0.813. The summed E-state index contributed by atoms with van der Waals surface area (Å²) >= 11 is 0. The fourth-order valence-electron chi connectivity index (χ4n) is 2.60. The van der Waals surface area contributed by atoms with Crippen molar-refractivity contribution in [2.24, 2.45) is 0 Å². The molecule has 0 fully saturated rings. The van der Waals surface area contributed by atoms with Crippen LogP contribution in [0.5, 0.6) is 0 Å². The molecule has 5 heteroatoms. The summed E-state index contributed by atoms with van der Waals surface area (Å²) in [5.41, 5.74) is 0.987. The summed E-state index contributed by atoms with van der Waals surface area (Å²) in [4.78, 5) is 25.6. The zero-order chi connectivity index (χ0) is 15.4. The lowest BCUT2D eigenvalue weighted by atomic mass is 9.97. The summed E-state index contributed by atoms with van der Waals surface area (Å²) in [6, 6.07) is 8.74. The number of ketones is 1. The van der Waals surface area contributed by atoms with E-state index in [9.17, 15) is 14.7 Å². The smallest absolute Gasteiger partial charge is 0.290 e. The Hall–Kier alpha value is -2.14. The number of benzene rings is 1. The van der Waals surface area contributed by atoms with Crippen LogP contribution < -0.4 is 0 Å². The van der Waals surface area contributed by atoms with Crippen molar-refractivity contribution in [3.63, 3.8) is 0 Å². The Morgan fingerprint density at radius 3 is 2.57 bits per heavy atom. The van der Waals surface area contributed by atoms with Gasteiger partial charge in [-0.2, -0.15) is 0 Å². The van der Waals surface area contributed by atoms with Gasteiger partial charge in [0.2, 0.25) is 0 Å². The second-order valence-corrected chi connectivity index (χ2v) is 4.98. The monoisotopic (exact) mass is 289 g/mol. The Kier molecular flexibility index (Phi) is 4.75. The van der Waals surface area contributed by atoms with E-state index in [-0.39, 0.29) is 11.4 Å². The number of carbonyl (C=O) groups is 2. The van der Waals surface area contributed by atoms with Gasteiger partial charge in [-0.1, -0.05) is 30.3 Å². The first-order valence-corrected chi connectivity index (χ1v) is 6.86. The summed E-state index contributed by atoms with van der Waals surface area (Å²) in [5, 5.41) is 10.0. The minimum Gasteiger partial charge on any atom is -0.503 e. The molecule has 1 atom stereocenters. The SMILES string of the molecule is COCCCN1C(=O)C(O)=C(C(C)=O)C1c1ccccc1. The fourth-order valence-corrected chi connectivity index (χ4v) is 2.60. The van der Waals surface area contributed by atoms with Crippen molar-refractivity contribution in [1.82, 2.24) is 4.90 Å². The van der Waals surface area contributed by atoms with E-state index in [0.717, 1.165) is 5.56 Å². The van der Waals surface area contributed by atoms with Crippen LogP contribution in [-0.4, -0.2) is 42.0 Å². The molecule has 0 saturated heterocycles. The van der Waals surface area contributed by atoms with Gasteiger partial charge in [0.1, 0.15) is 0 Å². The molecule has 1 N–H and O–H groups in total. The summed E-state index contributed by atoms with van der Waals surface area (Å²) in [7, 11) is 1.59. The number of nitrogens with zero attached hydrogens (tertiary/aromatic N) is 1. The van der Waals surface area contributed by atoms with Gasteiger partial charge >= 0.3 is 0 Å². The molecule has 0 spiro atoms. The zero-order valence-electron chi connectivity index (χ0n) is 12.2. The molecule has 2 rings (SSSR count). The predicted molar refractivity (Wildman–Crippen MR) is 77.7 cm³/mol. The van der Waals surface area contributed by atoms with E-state index in [0.29, 0.717) is 19.6 Å². The van der Waals surface area contributed by atoms with Crippen LogP contribution >= 0.6 is 0 Å². The molecule has 1 aliphatic rings. The van der Waals surface area contributed by atoms with E-state index >= 15 is 0 Å². The molecule has 1 aromatic rings. The highest BCUT2D eigenvalue weighted by Crippen LogP contribution is 2.37. The number of methoxy groups -OCH3 is 1. The predicted octanol–water partition coefficient (Wildman–Crippen LogP) is 2.01. The van der Waals surface area contributed by atoms with E-state index < -0.39 is 17.7 Å². The maximum absolute atomic E-state index is 12.2. The summed E-state index contributed by atoms with van der Waals surface area (Å²) in [6.45, 7) is 2.31. The van der Waals surface area contributed by atoms with Gasteiger partial charge in [0.05, 0.1) is 11.6 Å². The molecular formula is C16H19NO4. The number of ether oxygens (including phenoxy) is 1. The average molecular weight is 289 g/mol. The normalized spacial score (nSPS) is 18.5. The van der Waals surface area contributed by atoms with Gasteiger partial charge in [-0.25, -0.2) is 0 Å². The molecule has 0 radical (unpaired) electrons. The summed E-state index contributed by atoms with van der Waals surface area (Å²) in [5.74, 6) is -1.22. The molecule has 1 aromatic carbocycles. The molecule has 0 aromatic heterocycles. The van der Waals surface area contributed by atoms with Gasteiger partial charge in [-0.3, -0.25) is 9.59 Å². The first-order valence-electron chi connectivity index (χ1n) is 6.86. The molecule has 1 unspecified atom stereocenters. The number of hydrogen-bond donors (Lipinski definition) is 1. The highest BCUT2D eigenvalue weighted by molar-refractivity contribution is 6.08. The minimum absolute atomic E-state index is 0.170. The molecule has 112 valence electrons. The van der Waals surface area contributed by atoms with E-state index in [4.69, 9.17) is 4.74 Å². The van der Waals surface area contributed by atoms with E-state index in [2.05, 4.69) is 0 Å². The zero-order valence-corrected chi connectivity index (χ0v) is 12.2. The Labute approximate surface area is 123 Å². The van der Waals surface area contributed by atoms with Gasteiger partial charge < -0.3 is 14.7 Å². The van der Waals surface area contributed by atoms with Crippen LogP contribution in [0.15, 0.2) is 41.7 Å². The third-order valence-electron chi connectivity index (χ3n) is 3.55. The van der Waals surface area contributed by atoms with Gasteiger partial charge in [0.15, 0.2) is 11.5 Å². The number of amides is 1. The van der Waals surface area contributed by atoms with E-state index in [1.165, 1.54) is 11.8 Å². The largest absolute Gasteiger partial charge is 0.503 e. The Balaban J connectivity index is 2.37. The number of hydrogen-bond acceptors (Lipinski definition) is 4. The second kappa shape index (κ2) is 6.54. The van der Waals surface area contributed by atoms with E-state index in [1.807, 2.05) is 30.3 Å². The maximum atomic E-state index is 12.2. The molecule has 0 aliphatic carbocycles. The Morgan fingerprint density at radius 1 is 1.33 bits per heavy atom. The Bertz CT molecular complexity index is 565. The molecule has 0 saturated carbocycles. The summed E-state index contributed by atoms with van der Waals surface area (Å²) < 4.78 is 5.00.